The normalized spacial score (nSPS) is 12.7. The molecule has 0 fully saturated rings. The van der Waals surface area contributed by atoms with E-state index in [-0.39, 0.29) is 0 Å². The van der Waals surface area contributed by atoms with E-state index in [2.05, 4.69) is 52.2 Å². The quantitative estimate of drug-likeness (QED) is 0.943. The van der Waals surface area contributed by atoms with Gasteiger partial charge in [0.05, 0.1) is 10.2 Å². The maximum Gasteiger partial charge on any atom is 0.0738 e. The van der Waals surface area contributed by atoms with Crippen molar-refractivity contribution in [2.24, 2.45) is 5.73 Å². The van der Waals surface area contributed by atoms with Crippen LogP contribution in [0.2, 0.25) is 0 Å². The van der Waals surface area contributed by atoms with Crippen LogP contribution in [0.25, 0.3) is 0 Å². The molecule has 0 spiro atoms. The Labute approximate surface area is 116 Å². The van der Waals surface area contributed by atoms with Crippen LogP contribution in [0.3, 0.4) is 0 Å². The van der Waals surface area contributed by atoms with E-state index in [1.54, 1.807) is 0 Å². The molecule has 1 unspecified atom stereocenters. The van der Waals surface area contributed by atoms with Crippen LogP contribution in [-0.2, 0) is 6.54 Å². The number of hydrogen-bond donors (Lipinski definition) is 1. The van der Waals surface area contributed by atoms with Crippen molar-refractivity contribution in [3.05, 3.63) is 51.8 Å². The fourth-order valence-electron chi connectivity index (χ4n) is 2.10. The zero-order chi connectivity index (χ0) is 13.1. The minimum absolute atomic E-state index is 0.302. The Balaban J connectivity index is 2.23. The lowest BCUT2D eigenvalue weighted by molar-refractivity contribution is 0.509. The van der Waals surface area contributed by atoms with Crippen LogP contribution in [0.15, 0.2) is 34.8 Å². The average molecular weight is 308 g/mol. The van der Waals surface area contributed by atoms with Crippen LogP contribution in [0, 0.1) is 13.8 Å². The molecule has 18 heavy (non-hydrogen) atoms. The highest BCUT2D eigenvalue weighted by Gasteiger charge is 2.14. The van der Waals surface area contributed by atoms with Gasteiger partial charge in [-0.15, -0.1) is 0 Å². The molecule has 1 aromatic heterocycles. The Morgan fingerprint density at radius 1 is 1.28 bits per heavy atom. The largest absolute Gasteiger partial charge is 0.330 e. The third-order valence-electron chi connectivity index (χ3n) is 3.24. The molecular weight excluding hydrogens is 290 g/mol. The van der Waals surface area contributed by atoms with E-state index < -0.39 is 0 Å². The molecule has 0 aliphatic rings. The Morgan fingerprint density at radius 2 is 1.94 bits per heavy atom. The first-order valence-corrected chi connectivity index (χ1v) is 6.87. The molecule has 2 N–H and O–H groups in total. The van der Waals surface area contributed by atoms with Crippen LogP contribution in [-0.4, -0.2) is 16.3 Å². The summed E-state index contributed by atoms with van der Waals surface area (Å²) in [6.07, 6.45) is 0. The second-order valence-electron chi connectivity index (χ2n) is 4.51. The van der Waals surface area contributed by atoms with Crippen molar-refractivity contribution >= 4 is 15.9 Å². The average Bonchev–Trinajstić information content (AvgIpc) is 2.64. The number of benzene rings is 1. The Bertz CT molecular complexity index is 519. The van der Waals surface area contributed by atoms with Crippen LogP contribution in [0.1, 0.15) is 22.9 Å². The molecule has 0 bridgehead atoms. The molecule has 0 aliphatic heterocycles. The van der Waals surface area contributed by atoms with E-state index in [0.29, 0.717) is 12.5 Å². The van der Waals surface area contributed by atoms with Gasteiger partial charge in [-0.1, -0.05) is 30.3 Å². The molecule has 2 aromatic rings. The SMILES string of the molecule is Cc1nn(CC(CN)c2ccccc2)c(C)c1Br. The molecule has 0 aliphatic carbocycles. The number of nitrogens with zero attached hydrogens (tertiary/aromatic N) is 2. The lowest BCUT2D eigenvalue weighted by Gasteiger charge is -2.16. The van der Waals surface area contributed by atoms with Crippen molar-refractivity contribution in [2.45, 2.75) is 26.3 Å². The summed E-state index contributed by atoms with van der Waals surface area (Å²) in [5.74, 6) is 0.302. The van der Waals surface area contributed by atoms with Gasteiger partial charge in [0.25, 0.3) is 0 Å². The maximum atomic E-state index is 5.89. The predicted molar refractivity (Wildman–Crippen MR) is 77.6 cm³/mol. The van der Waals surface area contributed by atoms with Crippen LogP contribution < -0.4 is 5.73 Å². The summed E-state index contributed by atoms with van der Waals surface area (Å²) >= 11 is 3.55. The minimum atomic E-state index is 0.302. The maximum absolute atomic E-state index is 5.89. The molecule has 4 heteroatoms. The van der Waals surface area contributed by atoms with Crippen molar-refractivity contribution in [1.29, 1.82) is 0 Å². The highest BCUT2D eigenvalue weighted by molar-refractivity contribution is 9.10. The number of rotatable bonds is 4. The number of nitrogens with two attached hydrogens (primary N) is 1. The summed E-state index contributed by atoms with van der Waals surface area (Å²) in [5.41, 5.74) is 9.34. The third-order valence-corrected chi connectivity index (χ3v) is 4.39. The van der Waals surface area contributed by atoms with Crippen molar-refractivity contribution in [3.8, 4) is 0 Å². The van der Waals surface area contributed by atoms with Crippen molar-refractivity contribution < 1.29 is 0 Å². The predicted octanol–water partition coefficient (Wildman–Crippen LogP) is 3.00. The first kappa shape index (κ1) is 13.3. The first-order valence-electron chi connectivity index (χ1n) is 6.08. The highest BCUT2D eigenvalue weighted by Crippen LogP contribution is 2.23. The molecular formula is C14H18BrN3. The first-order chi connectivity index (χ1) is 8.63. The molecule has 1 atom stereocenters. The van der Waals surface area contributed by atoms with E-state index in [1.165, 1.54) is 5.56 Å². The number of aromatic nitrogens is 2. The van der Waals surface area contributed by atoms with Crippen molar-refractivity contribution in [3.63, 3.8) is 0 Å². The van der Waals surface area contributed by atoms with Gasteiger partial charge in [0.2, 0.25) is 0 Å². The molecule has 2 rings (SSSR count). The van der Waals surface area contributed by atoms with Gasteiger partial charge in [-0.3, -0.25) is 4.68 Å². The molecule has 0 saturated heterocycles. The molecule has 0 saturated carbocycles. The van der Waals surface area contributed by atoms with E-state index in [0.717, 1.165) is 22.4 Å². The van der Waals surface area contributed by atoms with Gasteiger partial charge in [0.1, 0.15) is 0 Å². The Hall–Kier alpha value is -1.13. The van der Waals surface area contributed by atoms with E-state index >= 15 is 0 Å². The van der Waals surface area contributed by atoms with Gasteiger partial charge < -0.3 is 5.73 Å². The third kappa shape index (κ3) is 2.65. The molecule has 1 aromatic carbocycles. The summed E-state index contributed by atoms with van der Waals surface area (Å²) in [4.78, 5) is 0. The molecule has 0 amide bonds. The summed E-state index contributed by atoms with van der Waals surface area (Å²) in [6.45, 7) is 5.52. The molecule has 1 heterocycles. The Kier molecular flexibility index (Phi) is 4.19. The van der Waals surface area contributed by atoms with Crippen molar-refractivity contribution in [1.82, 2.24) is 9.78 Å². The van der Waals surface area contributed by atoms with Gasteiger partial charge in [0, 0.05) is 24.7 Å². The topological polar surface area (TPSA) is 43.8 Å². The number of aryl methyl sites for hydroxylation is 1. The summed E-state index contributed by atoms with van der Waals surface area (Å²) in [6, 6.07) is 10.4. The van der Waals surface area contributed by atoms with Crippen LogP contribution in [0.4, 0.5) is 0 Å². The fraction of sp³-hybridized carbons (Fsp3) is 0.357. The fourth-order valence-corrected chi connectivity index (χ4v) is 2.39. The summed E-state index contributed by atoms with van der Waals surface area (Å²) in [5, 5.41) is 4.54. The molecule has 0 radical (unpaired) electrons. The Morgan fingerprint density at radius 3 is 2.44 bits per heavy atom. The van der Waals surface area contributed by atoms with Gasteiger partial charge in [0.15, 0.2) is 0 Å². The summed E-state index contributed by atoms with van der Waals surface area (Å²) < 4.78 is 3.12. The molecule has 96 valence electrons. The molecule has 3 nitrogen and oxygen atoms in total. The lowest BCUT2D eigenvalue weighted by Crippen LogP contribution is -2.19. The van der Waals surface area contributed by atoms with Gasteiger partial charge in [-0.2, -0.15) is 5.10 Å². The smallest absolute Gasteiger partial charge is 0.0738 e. The van der Waals surface area contributed by atoms with Crippen LogP contribution >= 0.6 is 15.9 Å². The van der Waals surface area contributed by atoms with Gasteiger partial charge in [-0.05, 0) is 35.3 Å². The number of hydrogen-bond acceptors (Lipinski definition) is 2. The van der Waals surface area contributed by atoms with E-state index in [1.807, 2.05) is 17.7 Å². The van der Waals surface area contributed by atoms with E-state index in [4.69, 9.17) is 5.73 Å². The van der Waals surface area contributed by atoms with E-state index in [9.17, 15) is 0 Å². The standard InChI is InChI=1S/C14H18BrN3/c1-10-14(15)11(2)18(17-10)9-13(8-16)12-6-4-3-5-7-12/h3-7,13H,8-9,16H2,1-2H3. The van der Waals surface area contributed by atoms with Gasteiger partial charge >= 0.3 is 0 Å². The lowest BCUT2D eigenvalue weighted by atomic mass is 9.99. The minimum Gasteiger partial charge on any atom is -0.330 e. The highest BCUT2D eigenvalue weighted by atomic mass is 79.9. The van der Waals surface area contributed by atoms with Crippen molar-refractivity contribution in [2.75, 3.05) is 6.54 Å². The van der Waals surface area contributed by atoms with Crippen LogP contribution in [0.5, 0.6) is 0 Å². The second-order valence-corrected chi connectivity index (χ2v) is 5.30. The van der Waals surface area contributed by atoms with Gasteiger partial charge in [-0.25, -0.2) is 0 Å². The summed E-state index contributed by atoms with van der Waals surface area (Å²) in [7, 11) is 0. The monoisotopic (exact) mass is 307 g/mol. The second kappa shape index (κ2) is 5.67. The number of halogens is 1. The zero-order valence-electron chi connectivity index (χ0n) is 10.7. The zero-order valence-corrected chi connectivity index (χ0v) is 12.3.